The van der Waals surface area contributed by atoms with Crippen LogP contribution in [0, 0.1) is 0 Å². The van der Waals surface area contributed by atoms with Gasteiger partial charge in [0, 0.05) is 5.69 Å². The number of ether oxygens (including phenoxy) is 1. The second-order valence-corrected chi connectivity index (χ2v) is 7.80. The van der Waals surface area contributed by atoms with Crippen LogP contribution in [0.3, 0.4) is 0 Å². The highest BCUT2D eigenvalue weighted by Crippen LogP contribution is 2.37. The second-order valence-electron chi connectivity index (χ2n) is 7.80. The van der Waals surface area contributed by atoms with Gasteiger partial charge in [0.05, 0.1) is 43.0 Å². The van der Waals surface area contributed by atoms with Gasteiger partial charge in [0.1, 0.15) is 5.92 Å². The SMILES string of the molecule is COC(=O)c1ccc2c(c1)NC(=O)C2C(=Nc1ccc(Cn2nccn2)cc1)c1ccccc1. The molecule has 168 valence electrons. The number of hydrogen-bond donors (Lipinski definition) is 1. The fourth-order valence-corrected chi connectivity index (χ4v) is 3.99. The average Bonchev–Trinajstić information content (AvgIpc) is 3.50. The van der Waals surface area contributed by atoms with Crippen molar-refractivity contribution in [2.24, 2.45) is 4.99 Å². The molecule has 3 aromatic carbocycles. The second kappa shape index (κ2) is 9.11. The van der Waals surface area contributed by atoms with Crippen molar-refractivity contribution in [1.82, 2.24) is 15.0 Å². The molecule has 8 nitrogen and oxygen atoms in total. The van der Waals surface area contributed by atoms with Crippen molar-refractivity contribution in [2.45, 2.75) is 12.5 Å². The topological polar surface area (TPSA) is 98.5 Å². The summed E-state index contributed by atoms with van der Waals surface area (Å²) < 4.78 is 4.80. The monoisotopic (exact) mass is 451 g/mol. The highest BCUT2D eigenvalue weighted by atomic mass is 16.5. The molecular formula is C26H21N5O3. The fourth-order valence-electron chi connectivity index (χ4n) is 3.99. The van der Waals surface area contributed by atoms with E-state index in [4.69, 9.17) is 9.73 Å². The third kappa shape index (κ3) is 4.21. The van der Waals surface area contributed by atoms with Crippen LogP contribution in [0.15, 0.2) is 90.2 Å². The first-order chi connectivity index (χ1) is 16.6. The van der Waals surface area contributed by atoms with Crippen molar-refractivity contribution in [2.75, 3.05) is 12.4 Å². The van der Waals surface area contributed by atoms with Crippen molar-refractivity contribution < 1.29 is 14.3 Å². The van der Waals surface area contributed by atoms with Crippen molar-refractivity contribution in [3.8, 4) is 0 Å². The zero-order valence-electron chi connectivity index (χ0n) is 18.4. The Labute approximate surface area is 195 Å². The molecule has 1 unspecified atom stereocenters. The lowest BCUT2D eigenvalue weighted by molar-refractivity contribution is -0.115. The molecule has 1 aromatic heterocycles. The zero-order chi connectivity index (χ0) is 23.5. The van der Waals surface area contributed by atoms with Crippen LogP contribution in [-0.2, 0) is 16.1 Å². The highest BCUT2D eigenvalue weighted by molar-refractivity contribution is 6.24. The van der Waals surface area contributed by atoms with E-state index in [1.807, 2.05) is 54.6 Å². The quantitative estimate of drug-likeness (QED) is 0.353. The molecule has 0 radical (unpaired) electrons. The number of hydrogen-bond acceptors (Lipinski definition) is 6. The molecule has 34 heavy (non-hydrogen) atoms. The molecule has 1 atom stereocenters. The number of amides is 1. The van der Waals surface area contributed by atoms with Gasteiger partial charge in [-0.25, -0.2) is 4.79 Å². The first-order valence-corrected chi connectivity index (χ1v) is 10.7. The number of nitrogens with zero attached hydrogens (tertiary/aromatic N) is 4. The Kier molecular flexibility index (Phi) is 5.70. The third-order valence-corrected chi connectivity index (χ3v) is 5.62. The van der Waals surface area contributed by atoms with Crippen LogP contribution in [0.25, 0.3) is 0 Å². The Morgan fingerprint density at radius 1 is 1.00 bits per heavy atom. The van der Waals surface area contributed by atoms with Crippen LogP contribution >= 0.6 is 0 Å². The van der Waals surface area contributed by atoms with Gasteiger partial charge in [0.25, 0.3) is 0 Å². The van der Waals surface area contributed by atoms with Gasteiger partial charge >= 0.3 is 5.97 Å². The summed E-state index contributed by atoms with van der Waals surface area (Å²) in [6, 6.07) is 22.5. The number of fused-ring (bicyclic) bond motifs is 1. The Morgan fingerprint density at radius 3 is 2.44 bits per heavy atom. The summed E-state index contributed by atoms with van der Waals surface area (Å²) in [5.41, 5.74) is 4.97. The molecule has 4 aromatic rings. The van der Waals surface area contributed by atoms with Gasteiger partial charge in [0.15, 0.2) is 0 Å². The van der Waals surface area contributed by atoms with Crippen molar-refractivity contribution >= 4 is 29.0 Å². The molecule has 1 aliphatic rings. The normalized spacial score (nSPS) is 15.0. The summed E-state index contributed by atoms with van der Waals surface area (Å²) >= 11 is 0. The minimum Gasteiger partial charge on any atom is -0.465 e. The van der Waals surface area contributed by atoms with Gasteiger partial charge in [-0.2, -0.15) is 15.0 Å². The van der Waals surface area contributed by atoms with Gasteiger partial charge in [-0.05, 0) is 41.0 Å². The van der Waals surface area contributed by atoms with E-state index in [-0.39, 0.29) is 5.91 Å². The van der Waals surface area contributed by atoms with Gasteiger partial charge in [0.2, 0.25) is 5.91 Å². The molecule has 0 saturated carbocycles. The maximum atomic E-state index is 13.1. The van der Waals surface area contributed by atoms with Gasteiger partial charge in [-0.1, -0.05) is 48.5 Å². The number of rotatable bonds is 6. The van der Waals surface area contributed by atoms with Gasteiger partial charge in [-0.15, -0.1) is 0 Å². The predicted octanol–water partition coefficient (Wildman–Crippen LogP) is 3.97. The lowest BCUT2D eigenvalue weighted by Crippen LogP contribution is -2.21. The summed E-state index contributed by atoms with van der Waals surface area (Å²) in [5.74, 6) is -1.26. The Morgan fingerprint density at radius 2 is 1.74 bits per heavy atom. The number of aliphatic imine (C=N–C) groups is 1. The summed E-state index contributed by atoms with van der Waals surface area (Å²) in [4.78, 5) is 31.5. The van der Waals surface area contributed by atoms with E-state index in [1.54, 1.807) is 35.4 Å². The van der Waals surface area contributed by atoms with Crippen molar-refractivity contribution in [3.05, 3.63) is 107 Å². The third-order valence-electron chi connectivity index (χ3n) is 5.62. The molecule has 0 saturated heterocycles. The lowest BCUT2D eigenvalue weighted by atomic mass is 9.90. The molecule has 2 heterocycles. The van der Waals surface area contributed by atoms with Crippen molar-refractivity contribution in [1.29, 1.82) is 0 Å². The van der Waals surface area contributed by atoms with Crippen LogP contribution < -0.4 is 5.32 Å². The highest BCUT2D eigenvalue weighted by Gasteiger charge is 2.35. The van der Waals surface area contributed by atoms with E-state index < -0.39 is 11.9 Å². The number of carbonyl (C=O) groups is 2. The molecule has 5 rings (SSSR count). The number of anilines is 1. The molecule has 0 aliphatic carbocycles. The van der Waals surface area contributed by atoms with Crippen LogP contribution in [-0.4, -0.2) is 39.7 Å². The van der Waals surface area contributed by atoms with Gasteiger partial charge in [-0.3, -0.25) is 9.79 Å². The molecule has 0 spiro atoms. The molecular weight excluding hydrogens is 430 g/mol. The number of nitrogens with one attached hydrogen (secondary N) is 1. The maximum Gasteiger partial charge on any atom is 0.337 e. The minimum atomic E-state index is -0.614. The van der Waals surface area contributed by atoms with Crippen LogP contribution in [0.5, 0.6) is 0 Å². The molecule has 0 bridgehead atoms. The Bertz CT molecular complexity index is 1360. The lowest BCUT2D eigenvalue weighted by Gasteiger charge is -2.14. The largest absolute Gasteiger partial charge is 0.465 e. The minimum absolute atomic E-state index is 0.194. The zero-order valence-corrected chi connectivity index (χ0v) is 18.4. The van der Waals surface area contributed by atoms with E-state index in [2.05, 4.69) is 15.5 Å². The van der Waals surface area contributed by atoms with Crippen molar-refractivity contribution in [3.63, 3.8) is 0 Å². The van der Waals surface area contributed by atoms with E-state index in [0.29, 0.717) is 23.5 Å². The van der Waals surface area contributed by atoms with Crippen LogP contribution in [0.2, 0.25) is 0 Å². The molecule has 1 amide bonds. The van der Waals surface area contributed by atoms with E-state index >= 15 is 0 Å². The van der Waals surface area contributed by atoms with E-state index in [0.717, 1.165) is 22.4 Å². The first kappa shape index (κ1) is 21.3. The summed E-state index contributed by atoms with van der Waals surface area (Å²) in [7, 11) is 1.33. The van der Waals surface area contributed by atoms with E-state index in [1.165, 1.54) is 7.11 Å². The summed E-state index contributed by atoms with van der Waals surface area (Å²) in [6.07, 6.45) is 3.28. The first-order valence-electron chi connectivity index (χ1n) is 10.7. The summed E-state index contributed by atoms with van der Waals surface area (Å²) in [5, 5.41) is 11.2. The number of benzene rings is 3. The smallest absolute Gasteiger partial charge is 0.337 e. The molecule has 0 fully saturated rings. The van der Waals surface area contributed by atoms with Crippen LogP contribution in [0.1, 0.15) is 33.0 Å². The molecule has 8 heteroatoms. The standard InChI is InChI=1S/C26H21N5O3/c1-34-26(33)19-9-12-21-22(15-19)30-25(32)23(21)24(18-5-3-2-4-6-18)29-20-10-7-17(8-11-20)16-31-27-13-14-28-31/h2-15,23H,16H2,1H3,(H,30,32). The van der Waals surface area contributed by atoms with Gasteiger partial charge < -0.3 is 10.1 Å². The van der Waals surface area contributed by atoms with Crippen LogP contribution in [0.4, 0.5) is 11.4 Å². The number of esters is 1. The maximum absolute atomic E-state index is 13.1. The average molecular weight is 451 g/mol. The molecule has 1 N–H and O–H groups in total. The predicted molar refractivity (Wildman–Crippen MR) is 127 cm³/mol. The van der Waals surface area contributed by atoms with E-state index in [9.17, 15) is 9.59 Å². The number of methoxy groups -OCH3 is 1. The summed E-state index contributed by atoms with van der Waals surface area (Å²) in [6.45, 7) is 0.559. The fraction of sp³-hybridized carbons (Fsp3) is 0.115. The number of carbonyl (C=O) groups excluding carboxylic acids is 2. The number of aromatic nitrogens is 3. The Balaban J connectivity index is 1.52. The molecule has 1 aliphatic heterocycles. The Hall–Kier alpha value is -4.59.